The predicted octanol–water partition coefficient (Wildman–Crippen LogP) is 4.12. The second-order valence-corrected chi connectivity index (χ2v) is 5.75. The zero-order valence-corrected chi connectivity index (χ0v) is 13.2. The van der Waals surface area contributed by atoms with Gasteiger partial charge in [0.2, 0.25) is 0 Å². The van der Waals surface area contributed by atoms with E-state index in [2.05, 4.69) is 28.1 Å². The number of hydrogen-bond acceptors (Lipinski definition) is 3. The molecule has 0 N–H and O–H groups in total. The van der Waals surface area contributed by atoms with E-state index in [4.69, 9.17) is 14.2 Å². The average molecular weight is 349 g/mol. The van der Waals surface area contributed by atoms with E-state index in [1.54, 1.807) is 0 Å². The summed E-state index contributed by atoms with van der Waals surface area (Å²) in [5.74, 6) is 0.839. The number of rotatable bonds is 4. The Bertz CT molecular complexity index is 580. The maximum atomic E-state index is 5.86. The van der Waals surface area contributed by atoms with Gasteiger partial charge in [0.25, 0.3) is 0 Å². The van der Waals surface area contributed by atoms with E-state index < -0.39 is 0 Å². The van der Waals surface area contributed by atoms with Crippen molar-refractivity contribution in [1.29, 1.82) is 0 Å². The summed E-state index contributed by atoms with van der Waals surface area (Å²) in [6.45, 7) is 2.44. The van der Waals surface area contributed by atoms with Gasteiger partial charge in [-0.2, -0.15) is 0 Å². The SMILES string of the molecule is Brc1ccc(OCc2ccccc2)cc1C1COCCO1. The fourth-order valence-corrected chi connectivity index (χ4v) is 2.77. The van der Waals surface area contributed by atoms with Crippen molar-refractivity contribution in [3.05, 3.63) is 64.1 Å². The minimum absolute atomic E-state index is 0.0339. The quantitative estimate of drug-likeness (QED) is 0.831. The van der Waals surface area contributed by atoms with Gasteiger partial charge in [-0.05, 0) is 23.8 Å². The molecule has 0 radical (unpaired) electrons. The highest BCUT2D eigenvalue weighted by Gasteiger charge is 2.19. The molecule has 0 amide bonds. The molecular formula is C17H17BrO3. The summed E-state index contributed by atoms with van der Waals surface area (Å²) in [5, 5.41) is 0. The van der Waals surface area contributed by atoms with E-state index in [0.29, 0.717) is 26.4 Å². The lowest BCUT2D eigenvalue weighted by molar-refractivity contribution is -0.0904. The third-order valence-electron chi connectivity index (χ3n) is 3.38. The summed E-state index contributed by atoms with van der Waals surface area (Å²) in [5.41, 5.74) is 2.22. The molecule has 2 aromatic carbocycles. The molecule has 3 nitrogen and oxygen atoms in total. The first-order valence-electron chi connectivity index (χ1n) is 6.98. The summed E-state index contributed by atoms with van der Waals surface area (Å²) in [4.78, 5) is 0. The van der Waals surface area contributed by atoms with Crippen LogP contribution in [0.15, 0.2) is 53.0 Å². The molecule has 110 valence electrons. The first-order valence-corrected chi connectivity index (χ1v) is 7.78. The third kappa shape index (κ3) is 3.84. The Morgan fingerprint density at radius 1 is 1.10 bits per heavy atom. The van der Waals surface area contributed by atoms with Crippen molar-refractivity contribution in [2.24, 2.45) is 0 Å². The molecule has 0 aromatic heterocycles. The number of hydrogen-bond donors (Lipinski definition) is 0. The molecule has 3 rings (SSSR count). The first-order chi connectivity index (χ1) is 10.3. The highest BCUT2D eigenvalue weighted by molar-refractivity contribution is 9.10. The molecule has 4 heteroatoms. The Morgan fingerprint density at radius 3 is 2.71 bits per heavy atom. The molecule has 0 saturated carbocycles. The van der Waals surface area contributed by atoms with Gasteiger partial charge in [-0.1, -0.05) is 46.3 Å². The topological polar surface area (TPSA) is 27.7 Å². The van der Waals surface area contributed by atoms with Gasteiger partial charge in [0.1, 0.15) is 18.5 Å². The highest BCUT2D eigenvalue weighted by atomic mass is 79.9. The lowest BCUT2D eigenvalue weighted by Crippen LogP contribution is -2.22. The van der Waals surface area contributed by atoms with Crippen molar-refractivity contribution in [1.82, 2.24) is 0 Å². The summed E-state index contributed by atoms with van der Waals surface area (Å²) in [6, 6.07) is 16.1. The van der Waals surface area contributed by atoms with Crippen LogP contribution in [0.5, 0.6) is 5.75 Å². The van der Waals surface area contributed by atoms with Crippen molar-refractivity contribution >= 4 is 15.9 Å². The van der Waals surface area contributed by atoms with Gasteiger partial charge in [-0.15, -0.1) is 0 Å². The van der Waals surface area contributed by atoms with E-state index in [1.807, 2.05) is 36.4 Å². The number of ether oxygens (including phenoxy) is 3. The molecule has 21 heavy (non-hydrogen) atoms. The highest BCUT2D eigenvalue weighted by Crippen LogP contribution is 2.31. The lowest BCUT2D eigenvalue weighted by Gasteiger charge is -2.24. The van der Waals surface area contributed by atoms with Crippen molar-refractivity contribution in [2.75, 3.05) is 19.8 Å². The summed E-state index contributed by atoms with van der Waals surface area (Å²) in [6.07, 6.45) is -0.0339. The van der Waals surface area contributed by atoms with Crippen LogP contribution >= 0.6 is 15.9 Å². The van der Waals surface area contributed by atoms with E-state index in [9.17, 15) is 0 Å². The molecule has 1 atom stereocenters. The second-order valence-electron chi connectivity index (χ2n) is 4.89. The Kier molecular flexibility index (Phi) is 4.91. The Labute approximate surface area is 133 Å². The van der Waals surface area contributed by atoms with Crippen molar-refractivity contribution in [3.8, 4) is 5.75 Å². The molecule has 1 heterocycles. The zero-order valence-electron chi connectivity index (χ0n) is 11.6. The van der Waals surface area contributed by atoms with Crippen LogP contribution in [0.25, 0.3) is 0 Å². The Morgan fingerprint density at radius 2 is 1.95 bits per heavy atom. The van der Waals surface area contributed by atoms with Gasteiger partial charge < -0.3 is 14.2 Å². The van der Waals surface area contributed by atoms with E-state index in [1.165, 1.54) is 0 Å². The van der Waals surface area contributed by atoms with Crippen LogP contribution in [0.1, 0.15) is 17.2 Å². The van der Waals surface area contributed by atoms with Crippen LogP contribution in [0.3, 0.4) is 0 Å². The molecule has 1 aliphatic heterocycles. The molecule has 0 bridgehead atoms. The van der Waals surface area contributed by atoms with Crippen LogP contribution in [0.4, 0.5) is 0 Å². The summed E-state index contributed by atoms with van der Waals surface area (Å²) in [7, 11) is 0. The molecule has 2 aromatic rings. The average Bonchev–Trinajstić information content (AvgIpc) is 2.56. The van der Waals surface area contributed by atoms with E-state index >= 15 is 0 Å². The minimum atomic E-state index is -0.0339. The molecule has 1 unspecified atom stereocenters. The van der Waals surface area contributed by atoms with Crippen molar-refractivity contribution < 1.29 is 14.2 Å². The maximum Gasteiger partial charge on any atom is 0.120 e. The number of benzene rings is 2. The molecule has 1 fully saturated rings. The Balaban J connectivity index is 1.71. The third-order valence-corrected chi connectivity index (χ3v) is 4.10. The fourth-order valence-electron chi connectivity index (χ4n) is 2.27. The fraction of sp³-hybridized carbons (Fsp3) is 0.294. The van der Waals surface area contributed by atoms with Crippen LogP contribution in [-0.4, -0.2) is 19.8 Å². The van der Waals surface area contributed by atoms with Gasteiger partial charge in [-0.25, -0.2) is 0 Å². The van der Waals surface area contributed by atoms with Gasteiger partial charge in [0.05, 0.1) is 19.8 Å². The predicted molar refractivity (Wildman–Crippen MR) is 84.4 cm³/mol. The maximum absolute atomic E-state index is 5.86. The van der Waals surface area contributed by atoms with Gasteiger partial charge in [0, 0.05) is 10.0 Å². The van der Waals surface area contributed by atoms with Gasteiger partial charge >= 0.3 is 0 Å². The number of halogens is 1. The van der Waals surface area contributed by atoms with Crippen LogP contribution < -0.4 is 4.74 Å². The smallest absolute Gasteiger partial charge is 0.120 e. The molecular weight excluding hydrogens is 332 g/mol. The molecule has 0 spiro atoms. The van der Waals surface area contributed by atoms with Crippen molar-refractivity contribution in [3.63, 3.8) is 0 Å². The zero-order chi connectivity index (χ0) is 14.5. The van der Waals surface area contributed by atoms with Crippen molar-refractivity contribution in [2.45, 2.75) is 12.7 Å². The van der Waals surface area contributed by atoms with Gasteiger partial charge in [-0.3, -0.25) is 0 Å². The normalized spacial score (nSPS) is 18.4. The minimum Gasteiger partial charge on any atom is -0.489 e. The van der Waals surface area contributed by atoms with Crippen LogP contribution in [0, 0.1) is 0 Å². The molecule has 1 aliphatic rings. The second kappa shape index (κ2) is 7.07. The summed E-state index contributed by atoms with van der Waals surface area (Å²) < 4.78 is 18.1. The molecule has 1 saturated heterocycles. The standard InChI is InChI=1S/C17H17BrO3/c18-16-7-6-14(21-11-13-4-2-1-3-5-13)10-15(16)17-12-19-8-9-20-17/h1-7,10,17H,8-9,11-12H2. The van der Waals surface area contributed by atoms with E-state index in [-0.39, 0.29) is 6.10 Å². The Hall–Kier alpha value is -1.36. The first kappa shape index (κ1) is 14.6. The van der Waals surface area contributed by atoms with Gasteiger partial charge in [0.15, 0.2) is 0 Å². The van der Waals surface area contributed by atoms with E-state index in [0.717, 1.165) is 21.3 Å². The summed E-state index contributed by atoms with van der Waals surface area (Å²) >= 11 is 3.57. The monoisotopic (exact) mass is 348 g/mol. The van der Waals surface area contributed by atoms with Crippen LogP contribution in [-0.2, 0) is 16.1 Å². The van der Waals surface area contributed by atoms with Crippen LogP contribution in [0.2, 0.25) is 0 Å². The molecule has 0 aliphatic carbocycles. The lowest BCUT2D eigenvalue weighted by atomic mass is 10.1. The largest absolute Gasteiger partial charge is 0.489 e.